The lowest BCUT2D eigenvalue weighted by Crippen LogP contribution is -2.80. The van der Waals surface area contributed by atoms with Gasteiger partial charge in [0.2, 0.25) is 0 Å². The highest BCUT2D eigenvalue weighted by Crippen LogP contribution is 2.38. The number of hydrogen-bond donors (Lipinski definition) is 1. The van der Waals surface area contributed by atoms with Crippen molar-refractivity contribution >= 4 is 40.6 Å². The first-order chi connectivity index (χ1) is 17.2. The molecule has 0 aliphatic carbocycles. The first-order valence-corrected chi connectivity index (χ1v) is 13.8. The predicted octanol–water partition coefficient (Wildman–Crippen LogP) is -1.18. The molecule has 0 rings (SSSR count). The van der Waals surface area contributed by atoms with Crippen molar-refractivity contribution in [1.29, 1.82) is 0 Å². The maximum atomic E-state index is 11.4. The number of quaternary nitrogens is 2. The van der Waals surface area contributed by atoms with Crippen LogP contribution in [0.25, 0.3) is 0 Å². The average molecular weight is 578 g/mol. The van der Waals surface area contributed by atoms with Crippen molar-refractivity contribution in [3.05, 3.63) is 0 Å². The van der Waals surface area contributed by atoms with Gasteiger partial charge in [-0.3, -0.25) is 14.2 Å². The van der Waals surface area contributed by atoms with E-state index in [-0.39, 0.29) is 26.4 Å². The van der Waals surface area contributed by atoms with E-state index in [1.54, 1.807) is 12.4 Å². The molecule has 0 fully saturated rings. The number of ether oxygens (including phenoxy) is 2. The molecule has 0 aromatic carbocycles. The van der Waals surface area contributed by atoms with Crippen LogP contribution in [0.4, 0.5) is 0 Å². The zero-order valence-electron chi connectivity index (χ0n) is 22.2. The Morgan fingerprint density at radius 1 is 0.919 bits per heavy atom. The molecular weight excluding hydrogens is 538 g/mol. The predicted molar refractivity (Wildman–Crippen MR) is 127 cm³/mol. The Kier molecular flexibility index (Phi) is 21.6. The molecule has 0 saturated heterocycles. The fraction of sp³-hybridized carbons (Fsp3) is 0.800. The fourth-order valence-electron chi connectivity index (χ4n) is 1.79. The quantitative estimate of drug-likeness (QED) is 0.0596. The molecule has 0 heterocycles. The highest BCUT2D eigenvalue weighted by atomic mass is 31.2. The van der Waals surface area contributed by atoms with E-state index in [0.717, 1.165) is 0 Å². The number of rotatable bonds is 20. The molecule has 0 aromatic heterocycles. The lowest BCUT2D eigenvalue weighted by molar-refractivity contribution is -0.870. The second kappa shape index (κ2) is 21.3. The van der Waals surface area contributed by atoms with E-state index in [2.05, 4.69) is 18.5 Å². The van der Waals surface area contributed by atoms with E-state index in [9.17, 15) is 33.2 Å². The van der Waals surface area contributed by atoms with Gasteiger partial charge in [0.15, 0.2) is 6.61 Å². The minimum absolute atomic E-state index is 0.00696. The van der Waals surface area contributed by atoms with Crippen molar-refractivity contribution in [2.24, 2.45) is 11.8 Å². The fourth-order valence-corrected chi connectivity index (χ4v) is 3.19. The zero-order valence-corrected chi connectivity index (χ0v) is 24.0. The number of esters is 2. The Morgan fingerprint density at radius 2 is 1.43 bits per heavy atom. The molecule has 0 amide bonds. The monoisotopic (exact) mass is 578 g/mol. The van der Waals surface area contributed by atoms with E-state index in [4.69, 9.17) is 9.05 Å². The maximum absolute atomic E-state index is 11.4. The number of carbonyl (C=O) groups is 4. The minimum Gasteiger partial charge on any atom is -0.756 e. The number of carbonyl (C=O) groups excluding carboxylic acids is 4. The normalized spacial score (nSPS) is 14.7. The van der Waals surface area contributed by atoms with Gasteiger partial charge >= 0.3 is 20.2 Å². The van der Waals surface area contributed by atoms with Crippen LogP contribution in [0.2, 0.25) is 0 Å². The summed E-state index contributed by atoms with van der Waals surface area (Å²) in [5.74, 6) is -2.50. The average Bonchev–Trinajstić information content (AvgIpc) is 2.78. The number of likely N-dealkylation sites (N-methyl/N-ethyl adjacent to an activating group) is 2. The third-order valence-corrected chi connectivity index (χ3v) is 5.56. The molecule has 0 spiro atoms. The summed E-state index contributed by atoms with van der Waals surface area (Å²) in [5, 5.41) is 1.74. The second-order valence-electron chi connectivity index (χ2n) is 8.54. The van der Waals surface area contributed by atoms with E-state index in [1.807, 2.05) is 21.1 Å². The largest absolute Gasteiger partial charge is 0.756 e. The van der Waals surface area contributed by atoms with Crippen LogP contribution in [-0.4, -0.2) is 110 Å². The highest BCUT2D eigenvalue weighted by molar-refractivity contribution is 7.45. The van der Waals surface area contributed by atoms with Crippen LogP contribution in [0, 0.1) is 11.8 Å². The van der Waals surface area contributed by atoms with Crippen molar-refractivity contribution in [1.82, 2.24) is 0 Å². The standard InChI is InChI=1S/C11H22NO6P.C9H18NO7P/c1-10(14)16-8-11(7-13)9-18-19(15)17-6-5-12(2,3)4;1-8(12)15-6-9(5-11)7-17-18(13,14)16-4-3-10-2/h7,11H,5-6,8-9H2,1-4H3;5,9-10H,3-4,6-7H2,1-2H3,(H,13,14)/q+2;. The number of phosphoric ester groups is 1. The number of nitrogens with zero attached hydrogens (tertiary/aromatic N) is 1. The van der Waals surface area contributed by atoms with Crippen molar-refractivity contribution in [2.45, 2.75) is 13.8 Å². The van der Waals surface area contributed by atoms with Crippen molar-refractivity contribution in [2.75, 3.05) is 80.9 Å². The Balaban J connectivity index is 0. The summed E-state index contributed by atoms with van der Waals surface area (Å²) in [7, 11) is 1.06. The van der Waals surface area contributed by atoms with E-state index >= 15 is 0 Å². The van der Waals surface area contributed by atoms with Gasteiger partial charge in [-0.25, -0.2) is 0 Å². The molecule has 0 bridgehead atoms. The van der Waals surface area contributed by atoms with Gasteiger partial charge in [0.05, 0.1) is 53.2 Å². The number of phosphoric acid groups is 1. The lowest BCUT2D eigenvalue weighted by Gasteiger charge is -2.23. The SMILES string of the molecule is CC(=O)OCC(C=O)CO[P+](=O)OCC[N+](C)(C)C.C[NH2+]CCOP(=O)([O-])OCC(C=O)COC(C)=O. The summed E-state index contributed by atoms with van der Waals surface area (Å²) in [5.41, 5.74) is 0. The topological polar surface area (TPSA) is 197 Å². The van der Waals surface area contributed by atoms with Crippen LogP contribution in [-0.2, 0) is 55.9 Å². The smallest absolute Gasteiger partial charge is 0.697 e. The van der Waals surface area contributed by atoms with Gasteiger partial charge in [0.25, 0.3) is 7.82 Å². The molecule has 2 N–H and O–H groups in total. The molecule has 0 aliphatic rings. The lowest BCUT2D eigenvalue weighted by atomic mass is 10.2. The first kappa shape index (κ1) is 37.5. The van der Waals surface area contributed by atoms with Gasteiger partial charge in [-0.15, -0.1) is 9.05 Å². The molecule has 216 valence electrons. The second-order valence-corrected chi connectivity index (χ2v) is 10.9. The Bertz CT molecular complexity index is 746. The molecular formula is C20H40N2O13P2+2. The Morgan fingerprint density at radius 3 is 1.86 bits per heavy atom. The molecule has 17 heteroatoms. The van der Waals surface area contributed by atoms with Crippen LogP contribution in [0.3, 0.4) is 0 Å². The molecule has 0 radical (unpaired) electrons. The van der Waals surface area contributed by atoms with Crippen LogP contribution in [0.5, 0.6) is 0 Å². The van der Waals surface area contributed by atoms with E-state index in [0.29, 0.717) is 36.8 Å². The van der Waals surface area contributed by atoms with E-state index < -0.39 is 46.5 Å². The number of aldehydes is 2. The summed E-state index contributed by atoms with van der Waals surface area (Å²) < 4.78 is 51.4. The molecule has 0 aromatic rings. The van der Waals surface area contributed by atoms with Gasteiger partial charge in [-0.1, -0.05) is 0 Å². The molecule has 0 saturated carbocycles. The molecule has 0 aliphatic heterocycles. The highest BCUT2D eigenvalue weighted by Gasteiger charge is 2.25. The van der Waals surface area contributed by atoms with Crippen molar-refractivity contribution < 1.29 is 70.6 Å². The van der Waals surface area contributed by atoms with Gasteiger partial charge in [-0.2, -0.15) is 0 Å². The maximum Gasteiger partial charge on any atom is 0.697 e. The summed E-state index contributed by atoms with van der Waals surface area (Å²) >= 11 is 0. The summed E-state index contributed by atoms with van der Waals surface area (Å²) in [6, 6.07) is 0. The molecule has 37 heavy (non-hydrogen) atoms. The third kappa shape index (κ3) is 27.2. The Labute approximate surface area is 218 Å². The van der Waals surface area contributed by atoms with Crippen molar-refractivity contribution in [3.8, 4) is 0 Å². The van der Waals surface area contributed by atoms with Crippen LogP contribution in [0.15, 0.2) is 0 Å². The van der Waals surface area contributed by atoms with Crippen LogP contribution >= 0.6 is 16.1 Å². The molecule has 4 unspecified atom stereocenters. The summed E-state index contributed by atoms with van der Waals surface area (Å²) in [4.78, 5) is 53.6. The van der Waals surface area contributed by atoms with Crippen LogP contribution < -0.4 is 10.2 Å². The Hall–Kier alpha value is -1.67. The zero-order chi connectivity index (χ0) is 28.9. The number of hydrogen-bond acceptors (Lipinski definition) is 13. The van der Waals surface area contributed by atoms with Gasteiger partial charge < -0.3 is 42.8 Å². The number of nitrogens with two attached hydrogens (primary N) is 1. The van der Waals surface area contributed by atoms with Gasteiger partial charge in [0, 0.05) is 18.4 Å². The van der Waals surface area contributed by atoms with Gasteiger partial charge in [0.1, 0.15) is 45.5 Å². The summed E-state index contributed by atoms with van der Waals surface area (Å²) in [6.45, 7) is 3.07. The molecule has 4 atom stereocenters. The van der Waals surface area contributed by atoms with Gasteiger partial charge in [-0.05, 0) is 0 Å². The third-order valence-electron chi connectivity index (χ3n) is 3.84. The van der Waals surface area contributed by atoms with Crippen molar-refractivity contribution in [3.63, 3.8) is 0 Å². The van der Waals surface area contributed by atoms with E-state index in [1.165, 1.54) is 13.8 Å². The first-order valence-electron chi connectivity index (χ1n) is 11.2. The van der Waals surface area contributed by atoms with Crippen LogP contribution in [0.1, 0.15) is 13.8 Å². The minimum atomic E-state index is -4.41. The summed E-state index contributed by atoms with van der Waals surface area (Å²) in [6.07, 6.45) is 1.06. The molecule has 15 nitrogen and oxygen atoms in total.